The highest BCUT2D eigenvalue weighted by molar-refractivity contribution is 5.77. The lowest BCUT2D eigenvalue weighted by Crippen LogP contribution is -2.28. The van der Waals surface area contributed by atoms with Gasteiger partial charge in [0.05, 0.1) is 13.2 Å². The van der Waals surface area contributed by atoms with Gasteiger partial charge in [-0.05, 0) is 77.8 Å². The monoisotopic (exact) mass is 576 g/mol. The van der Waals surface area contributed by atoms with Gasteiger partial charge >= 0.3 is 5.97 Å². The number of aryl methyl sites for hydroxylation is 2. The molecule has 2 unspecified atom stereocenters. The zero-order valence-electron chi connectivity index (χ0n) is 25.0. The Morgan fingerprint density at radius 2 is 1.49 bits per heavy atom. The van der Waals surface area contributed by atoms with E-state index in [4.69, 9.17) is 18.9 Å². The third-order valence-corrected chi connectivity index (χ3v) is 7.64. The van der Waals surface area contributed by atoms with Crippen molar-refractivity contribution in [2.24, 2.45) is 0 Å². The van der Waals surface area contributed by atoms with Crippen molar-refractivity contribution in [2.75, 3.05) is 26.4 Å². The minimum absolute atomic E-state index is 0.192. The summed E-state index contributed by atoms with van der Waals surface area (Å²) in [6.07, 6.45) is 6.06. The van der Waals surface area contributed by atoms with Gasteiger partial charge < -0.3 is 18.9 Å². The molecular weight excluding hydrogens is 536 g/mol. The molecule has 1 aliphatic rings. The van der Waals surface area contributed by atoms with Crippen molar-refractivity contribution in [2.45, 2.75) is 45.3 Å². The van der Waals surface area contributed by atoms with Crippen LogP contribution in [0.1, 0.15) is 58.9 Å². The summed E-state index contributed by atoms with van der Waals surface area (Å²) >= 11 is 0. The number of rotatable bonds is 14. The fourth-order valence-corrected chi connectivity index (χ4v) is 5.54. The summed E-state index contributed by atoms with van der Waals surface area (Å²) in [5.41, 5.74) is 8.40. The van der Waals surface area contributed by atoms with E-state index in [9.17, 15) is 4.79 Å². The van der Waals surface area contributed by atoms with Crippen LogP contribution in [-0.4, -0.2) is 38.5 Å². The molecule has 5 nitrogen and oxygen atoms in total. The first-order valence-corrected chi connectivity index (χ1v) is 15.2. The largest absolute Gasteiger partial charge is 0.491 e. The van der Waals surface area contributed by atoms with Crippen molar-refractivity contribution in [3.63, 3.8) is 0 Å². The molecule has 4 aromatic rings. The van der Waals surface area contributed by atoms with Crippen LogP contribution in [0, 0.1) is 0 Å². The zero-order valence-corrected chi connectivity index (χ0v) is 25.0. The van der Waals surface area contributed by atoms with Crippen LogP contribution in [0.4, 0.5) is 0 Å². The van der Waals surface area contributed by atoms with Gasteiger partial charge in [0.25, 0.3) is 0 Å². The second kappa shape index (κ2) is 15.3. The number of hydrogen-bond donors (Lipinski definition) is 0. The van der Waals surface area contributed by atoms with Crippen LogP contribution >= 0.6 is 0 Å². The Morgan fingerprint density at radius 3 is 2.28 bits per heavy atom. The van der Waals surface area contributed by atoms with Crippen LogP contribution in [0.3, 0.4) is 0 Å². The maximum atomic E-state index is 12.2. The zero-order chi connectivity index (χ0) is 29.9. The van der Waals surface area contributed by atoms with E-state index < -0.39 is 6.10 Å². The van der Waals surface area contributed by atoms with E-state index in [0.717, 1.165) is 29.7 Å². The number of benzene rings is 4. The van der Waals surface area contributed by atoms with E-state index in [1.807, 2.05) is 31.2 Å². The molecule has 222 valence electrons. The molecule has 4 aromatic carbocycles. The molecular formula is C38H40O5. The Kier molecular flexibility index (Phi) is 10.8. The first-order valence-electron chi connectivity index (χ1n) is 15.2. The van der Waals surface area contributed by atoms with Crippen LogP contribution < -0.4 is 4.74 Å². The molecule has 5 rings (SSSR count). The summed E-state index contributed by atoms with van der Waals surface area (Å²) in [5.74, 6) is 0.421. The summed E-state index contributed by atoms with van der Waals surface area (Å²) < 4.78 is 23.4. The second-order valence-electron chi connectivity index (χ2n) is 10.5. The summed E-state index contributed by atoms with van der Waals surface area (Å²) in [7, 11) is 0. The minimum Gasteiger partial charge on any atom is -0.491 e. The quantitative estimate of drug-likeness (QED) is 0.114. The number of carbonyl (C=O) groups excluding carboxylic acids is 1. The molecule has 0 radical (unpaired) electrons. The number of carbonyl (C=O) groups is 1. The summed E-state index contributed by atoms with van der Waals surface area (Å²) in [6.45, 7) is 5.31. The van der Waals surface area contributed by atoms with Gasteiger partial charge in [0.1, 0.15) is 18.5 Å². The predicted molar refractivity (Wildman–Crippen MR) is 171 cm³/mol. The van der Waals surface area contributed by atoms with Gasteiger partial charge in [0, 0.05) is 13.0 Å². The highest BCUT2D eigenvalue weighted by Gasteiger charge is 2.24. The number of fused-ring (bicyclic) bond motifs is 2. The first-order chi connectivity index (χ1) is 21.2. The fraction of sp³-hybridized carbons (Fsp3) is 0.289. The standard InChI is InChI=1S/C38H40O5/c1-3-40-36(38(39)41-4-2)27-29-18-22-32(23-19-29)42-25-26-43-37-34-15-9-8-13-31(34)21-24-33-30(14-10-16-35(33)37)20-17-28-11-6-5-7-12-28/h5-16,18-19,21-24,36-37H,3-4,17,20,25-27H2,1-2H3. The highest BCUT2D eigenvalue weighted by Crippen LogP contribution is 2.37. The van der Waals surface area contributed by atoms with Crippen molar-refractivity contribution < 1.29 is 23.7 Å². The molecule has 0 N–H and O–H groups in total. The molecule has 0 amide bonds. The predicted octanol–water partition coefficient (Wildman–Crippen LogP) is 7.65. The van der Waals surface area contributed by atoms with Gasteiger partial charge in [0.2, 0.25) is 0 Å². The van der Waals surface area contributed by atoms with Gasteiger partial charge in [-0.3, -0.25) is 0 Å². The van der Waals surface area contributed by atoms with Crippen LogP contribution in [0.5, 0.6) is 5.75 Å². The van der Waals surface area contributed by atoms with E-state index in [2.05, 4.69) is 84.9 Å². The second-order valence-corrected chi connectivity index (χ2v) is 10.5. The van der Waals surface area contributed by atoms with E-state index in [1.54, 1.807) is 6.92 Å². The Bertz CT molecular complexity index is 1490. The lowest BCUT2D eigenvalue weighted by atomic mass is 9.91. The third-order valence-electron chi connectivity index (χ3n) is 7.64. The van der Waals surface area contributed by atoms with Crippen molar-refractivity contribution in [3.8, 4) is 5.75 Å². The van der Waals surface area contributed by atoms with E-state index >= 15 is 0 Å². The van der Waals surface area contributed by atoms with Gasteiger partial charge in [0.15, 0.2) is 6.10 Å². The minimum atomic E-state index is -0.608. The maximum Gasteiger partial charge on any atom is 0.335 e. The number of ether oxygens (including phenoxy) is 4. The molecule has 1 aliphatic carbocycles. The third kappa shape index (κ3) is 8.01. The highest BCUT2D eigenvalue weighted by atomic mass is 16.6. The lowest BCUT2D eigenvalue weighted by molar-refractivity contribution is -0.156. The van der Waals surface area contributed by atoms with E-state index in [-0.39, 0.29) is 12.1 Å². The first kappa shape index (κ1) is 30.3. The average molecular weight is 577 g/mol. The Morgan fingerprint density at radius 1 is 0.721 bits per heavy atom. The van der Waals surface area contributed by atoms with Crippen LogP contribution in [0.2, 0.25) is 0 Å². The molecule has 0 spiro atoms. The van der Waals surface area contributed by atoms with Crippen LogP contribution in [0.15, 0.2) is 97.1 Å². The lowest BCUT2D eigenvalue weighted by Gasteiger charge is -2.22. The van der Waals surface area contributed by atoms with Gasteiger partial charge in [-0.15, -0.1) is 0 Å². The smallest absolute Gasteiger partial charge is 0.335 e. The summed E-state index contributed by atoms with van der Waals surface area (Å²) in [4.78, 5) is 12.2. The van der Waals surface area contributed by atoms with Crippen molar-refractivity contribution in [3.05, 3.63) is 136 Å². The Labute approximate surface area is 255 Å². The van der Waals surface area contributed by atoms with Gasteiger partial charge in [-0.1, -0.05) is 97.1 Å². The molecule has 2 atom stereocenters. The normalized spacial score (nSPS) is 14.3. The maximum absolute atomic E-state index is 12.2. The van der Waals surface area contributed by atoms with Crippen LogP contribution in [0.25, 0.3) is 12.2 Å². The molecule has 0 fully saturated rings. The molecule has 0 aliphatic heterocycles. The molecule has 0 saturated carbocycles. The topological polar surface area (TPSA) is 54.0 Å². The molecule has 43 heavy (non-hydrogen) atoms. The molecule has 0 heterocycles. The van der Waals surface area contributed by atoms with Gasteiger partial charge in [-0.2, -0.15) is 0 Å². The fourth-order valence-electron chi connectivity index (χ4n) is 5.54. The Balaban J connectivity index is 1.23. The molecule has 0 aromatic heterocycles. The molecule has 5 heteroatoms. The van der Waals surface area contributed by atoms with E-state index in [0.29, 0.717) is 32.8 Å². The average Bonchev–Trinajstić information content (AvgIpc) is 3.20. The van der Waals surface area contributed by atoms with E-state index in [1.165, 1.54) is 27.8 Å². The van der Waals surface area contributed by atoms with Gasteiger partial charge in [-0.25, -0.2) is 4.79 Å². The number of hydrogen-bond acceptors (Lipinski definition) is 5. The summed E-state index contributed by atoms with van der Waals surface area (Å²) in [5, 5.41) is 0. The number of esters is 1. The van der Waals surface area contributed by atoms with Crippen molar-refractivity contribution in [1.29, 1.82) is 0 Å². The molecule has 0 bridgehead atoms. The van der Waals surface area contributed by atoms with Crippen molar-refractivity contribution in [1.82, 2.24) is 0 Å². The SMILES string of the molecule is CCOC(=O)C(Cc1ccc(OCCOC2c3ccccc3C=Cc3c(CCc4ccccc4)cccc32)cc1)OCC. The molecule has 0 saturated heterocycles. The Hall–Kier alpha value is -4.19. The summed E-state index contributed by atoms with van der Waals surface area (Å²) in [6, 6.07) is 33.4. The van der Waals surface area contributed by atoms with Crippen molar-refractivity contribution >= 4 is 18.1 Å². The van der Waals surface area contributed by atoms with Crippen LogP contribution in [-0.2, 0) is 38.3 Å².